The maximum Gasteiger partial charge on any atom is 0.294 e. The molecular weight excluding hydrogens is 328 g/mol. The van der Waals surface area contributed by atoms with Crippen LogP contribution in [0.2, 0.25) is 0 Å². The Morgan fingerprint density at radius 3 is 2.65 bits per heavy atom. The van der Waals surface area contributed by atoms with Crippen LogP contribution in [0.25, 0.3) is 6.08 Å². The Bertz CT molecular complexity index is 973. The van der Waals surface area contributed by atoms with Crippen LogP contribution in [-0.2, 0) is 11.3 Å². The zero-order valence-corrected chi connectivity index (χ0v) is 14.3. The molecule has 1 aliphatic heterocycles. The average molecular weight is 346 g/mol. The third-order valence-corrected chi connectivity index (χ3v) is 4.23. The Hall–Kier alpha value is -3.47. The molecular formula is C21H18N2O3. The summed E-state index contributed by atoms with van der Waals surface area (Å²) in [5.74, 6) is 1.12. The van der Waals surface area contributed by atoms with Gasteiger partial charge in [0.2, 0.25) is 0 Å². The molecule has 1 aliphatic rings. The molecule has 26 heavy (non-hydrogen) atoms. The Balaban J connectivity index is 1.75. The van der Waals surface area contributed by atoms with Crippen molar-refractivity contribution in [2.24, 2.45) is 0 Å². The second kappa shape index (κ2) is 6.44. The van der Waals surface area contributed by atoms with Gasteiger partial charge in [-0.05, 0) is 42.8 Å². The Morgan fingerprint density at radius 2 is 1.92 bits per heavy atom. The first-order valence-corrected chi connectivity index (χ1v) is 8.30. The molecule has 130 valence electrons. The van der Waals surface area contributed by atoms with E-state index in [0.29, 0.717) is 29.4 Å². The maximum atomic E-state index is 13.0. The lowest BCUT2D eigenvalue weighted by molar-refractivity contribution is -0.117. The lowest BCUT2D eigenvalue weighted by Gasteiger charge is -2.30. The molecule has 0 saturated heterocycles. The second-order valence-corrected chi connectivity index (χ2v) is 6.23. The highest BCUT2D eigenvalue weighted by atomic mass is 16.5. The number of anilines is 2. The zero-order chi connectivity index (χ0) is 18.1. The summed E-state index contributed by atoms with van der Waals surface area (Å²) in [7, 11) is 0. The van der Waals surface area contributed by atoms with Gasteiger partial charge in [0, 0.05) is 11.8 Å². The summed E-state index contributed by atoms with van der Waals surface area (Å²) >= 11 is 0. The number of rotatable bonds is 3. The van der Waals surface area contributed by atoms with Crippen molar-refractivity contribution >= 4 is 23.4 Å². The third kappa shape index (κ3) is 3.07. The maximum absolute atomic E-state index is 13.0. The molecule has 0 fully saturated rings. The number of fused-ring (bicyclic) bond motifs is 1. The molecule has 0 unspecified atom stereocenters. The van der Waals surface area contributed by atoms with Gasteiger partial charge < -0.3 is 14.9 Å². The van der Waals surface area contributed by atoms with Crippen LogP contribution in [0.5, 0.6) is 5.75 Å². The lowest BCUT2D eigenvalue weighted by atomic mass is 10.1. The average Bonchev–Trinajstić information content (AvgIpc) is 3.14. The number of amides is 1. The van der Waals surface area contributed by atoms with E-state index in [9.17, 15) is 4.79 Å². The van der Waals surface area contributed by atoms with E-state index in [4.69, 9.17) is 14.9 Å². The van der Waals surface area contributed by atoms with Crippen molar-refractivity contribution in [2.45, 2.75) is 13.5 Å². The fourth-order valence-corrected chi connectivity index (χ4v) is 2.86. The largest absolute Gasteiger partial charge is 0.465 e. The molecule has 0 bridgehead atoms. The standard InChI is InChI=1S/C21H18N2O3/c1-14-4-6-15(7-5-14)13-23-18-11-16(22)8-9-19(18)26-20(21(23)24)12-17-3-2-10-25-17/h2-12H,13,22H2,1H3/b20-12+. The van der Waals surface area contributed by atoms with Gasteiger partial charge in [0.1, 0.15) is 5.76 Å². The van der Waals surface area contributed by atoms with Gasteiger partial charge in [-0.25, -0.2) is 0 Å². The van der Waals surface area contributed by atoms with Crippen LogP contribution in [0.4, 0.5) is 11.4 Å². The first-order valence-electron chi connectivity index (χ1n) is 8.30. The molecule has 0 radical (unpaired) electrons. The van der Waals surface area contributed by atoms with E-state index in [1.807, 2.05) is 31.2 Å². The molecule has 5 nitrogen and oxygen atoms in total. The van der Waals surface area contributed by atoms with Crippen molar-refractivity contribution in [2.75, 3.05) is 10.6 Å². The first-order chi connectivity index (χ1) is 12.6. The number of nitrogens with two attached hydrogens (primary N) is 1. The molecule has 0 aliphatic carbocycles. The van der Waals surface area contributed by atoms with Crippen LogP contribution in [0, 0.1) is 6.92 Å². The number of nitrogen functional groups attached to an aromatic ring is 1. The normalized spacial score (nSPS) is 15.0. The highest BCUT2D eigenvalue weighted by Gasteiger charge is 2.30. The van der Waals surface area contributed by atoms with Crippen molar-refractivity contribution in [3.8, 4) is 5.75 Å². The van der Waals surface area contributed by atoms with Gasteiger partial charge in [0.25, 0.3) is 5.91 Å². The molecule has 2 aromatic carbocycles. The van der Waals surface area contributed by atoms with Gasteiger partial charge >= 0.3 is 0 Å². The SMILES string of the molecule is Cc1ccc(CN2C(=O)/C(=C\c3ccco3)Oc3ccc(N)cc32)cc1. The van der Waals surface area contributed by atoms with E-state index in [1.165, 1.54) is 5.56 Å². The quantitative estimate of drug-likeness (QED) is 0.572. The molecule has 5 heteroatoms. The van der Waals surface area contributed by atoms with E-state index in [-0.39, 0.29) is 11.7 Å². The zero-order valence-electron chi connectivity index (χ0n) is 14.3. The molecule has 0 atom stereocenters. The summed E-state index contributed by atoms with van der Waals surface area (Å²) in [6.45, 7) is 2.46. The predicted molar refractivity (Wildman–Crippen MR) is 101 cm³/mol. The number of furan rings is 1. The number of hydrogen-bond acceptors (Lipinski definition) is 4. The predicted octanol–water partition coefficient (Wildman–Crippen LogP) is 4.14. The van der Waals surface area contributed by atoms with Gasteiger partial charge in [0.05, 0.1) is 18.5 Å². The van der Waals surface area contributed by atoms with Crippen LogP contribution in [0.1, 0.15) is 16.9 Å². The number of nitrogens with zero attached hydrogens (tertiary/aromatic N) is 1. The molecule has 0 spiro atoms. The van der Waals surface area contributed by atoms with Crippen LogP contribution in [0.15, 0.2) is 71.0 Å². The van der Waals surface area contributed by atoms with Gasteiger partial charge in [-0.15, -0.1) is 0 Å². The monoisotopic (exact) mass is 346 g/mol. The van der Waals surface area contributed by atoms with Gasteiger partial charge in [-0.3, -0.25) is 9.69 Å². The van der Waals surface area contributed by atoms with Crippen molar-refractivity contribution < 1.29 is 13.9 Å². The van der Waals surface area contributed by atoms with Gasteiger partial charge in [-0.1, -0.05) is 29.8 Å². The topological polar surface area (TPSA) is 68.7 Å². The smallest absolute Gasteiger partial charge is 0.294 e. The first kappa shape index (κ1) is 16.0. The molecule has 0 saturated carbocycles. The molecule has 1 aromatic heterocycles. The third-order valence-electron chi connectivity index (χ3n) is 4.23. The highest BCUT2D eigenvalue weighted by molar-refractivity contribution is 6.09. The second-order valence-electron chi connectivity index (χ2n) is 6.23. The summed E-state index contributed by atoms with van der Waals surface area (Å²) in [5, 5.41) is 0. The van der Waals surface area contributed by atoms with Crippen LogP contribution < -0.4 is 15.4 Å². The Labute approximate surface area is 151 Å². The Morgan fingerprint density at radius 1 is 1.12 bits per heavy atom. The van der Waals surface area contributed by atoms with Crippen molar-refractivity contribution in [3.05, 3.63) is 83.5 Å². The van der Waals surface area contributed by atoms with E-state index < -0.39 is 0 Å². The lowest BCUT2D eigenvalue weighted by Crippen LogP contribution is -2.36. The van der Waals surface area contributed by atoms with Crippen molar-refractivity contribution in [1.82, 2.24) is 0 Å². The summed E-state index contributed by atoms with van der Waals surface area (Å²) in [6, 6.07) is 16.9. The molecule has 3 aromatic rings. The molecule has 2 heterocycles. The minimum atomic E-state index is -0.236. The van der Waals surface area contributed by atoms with Gasteiger partial charge in [-0.2, -0.15) is 0 Å². The summed E-state index contributed by atoms with van der Waals surface area (Å²) in [6.07, 6.45) is 3.15. The number of carbonyl (C=O) groups is 1. The van der Waals surface area contributed by atoms with Crippen LogP contribution in [-0.4, -0.2) is 5.91 Å². The number of aryl methyl sites for hydroxylation is 1. The molecule has 4 rings (SSSR count). The summed E-state index contributed by atoms with van der Waals surface area (Å²) in [4.78, 5) is 14.7. The number of benzene rings is 2. The highest BCUT2D eigenvalue weighted by Crippen LogP contribution is 2.38. The minimum Gasteiger partial charge on any atom is -0.465 e. The Kier molecular flexibility index (Phi) is 3.97. The van der Waals surface area contributed by atoms with E-state index in [2.05, 4.69) is 0 Å². The van der Waals surface area contributed by atoms with E-state index >= 15 is 0 Å². The number of carbonyl (C=O) groups excluding carboxylic acids is 1. The minimum absolute atomic E-state index is 0.212. The van der Waals surface area contributed by atoms with Crippen LogP contribution in [0.3, 0.4) is 0 Å². The molecule has 1 amide bonds. The van der Waals surface area contributed by atoms with Crippen molar-refractivity contribution in [3.63, 3.8) is 0 Å². The van der Waals surface area contributed by atoms with Crippen molar-refractivity contribution in [1.29, 1.82) is 0 Å². The number of ether oxygens (including phenoxy) is 1. The van der Waals surface area contributed by atoms with Crippen LogP contribution >= 0.6 is 0 Å². The van der Waals surface area contributed by atoms with E-state index in [0.717, 1.165) is 5.56 Å². The fraction of sp³-hybridized carbons (Fsp3) is 0.0952. The summed E-state index contributed by atoms with van der Waals surface area (Å²) < 4.78 is 11.1. The van der Waals surface area contributed by atoms with Gasteiger partial charge in [0.15, 0.2) is 11.5 Å². The number of hydrogen-bond donors (Lipinski definition) is 1. The fourth-order valence-electron chi connectivity index (χ4n) is 2.86. The summed E-state index contributed by atoms with van der Waals surface area (Å²) in [5.41, 5.74) is 9.36. The molecule has 2 N–H and O–H groups in total. The van der Waals surface area contributed by atoms with E-state index in [1.54, 1.807) is 47.6 Å².